The van der Waals surface area contributed by atoms with Gasteiger partial charge in [0, 0.05) is 117 Å². The average Bonchev–Trinajstić information content (AvgIpc) is 1.63. The van der Waals surface area contributed by atoms with Gasteiger partial charge in [-0.25, -0.2) is 38.7 Å². The summed E-state index contributed by atoms with van der Waals surface area (Å²) >= 11 is 9.48. The van der Waals surface area contributed by atoms with Crippen molar-refractivity contribution in [3.8, 4) is 40.5 Å². The third-order valence-electron chi connectivity index (χ3n) is 18.1. The van der Waals surface area contributed by atoms with Crippen LogP contribution in [0.5, 0.6) is 11.8 Å². The molecule has 29 nitrogen and oxygen atoms in total. The SMILES string of the molecule is COc1cc(-n2[nH]c3c(cnc4cc(C)ccc43)c2=O)ccn1.COc1ccc(-n2[nH]c3c(cnc4cc(Br)ccc43)c2=O)cn1.Cc1ccc2c(c1)ncc1c(=O)n(-c3cnccn3)[nH]c12.O=c1c2cnc3cc(CO)ccc3c2[nH]n1-c1ccccn1.O=c1c2cnc3ccc(Cl)cc3c2[nH]n1-c1ccncc1. The van der Waals surface area contributed by atoms with Crippen LogP contribution >= 0.6 is 27.5 Å². The number of halogens is 2. The van der Waals surface area contributed by atoms with Gasteiger partial charge in [0.15, 0.2) is 11.6 Å². The third-order valence-corrected chi connectivity index (χ3v) is 18.8. The van der Waals surface area contributed by atoms with E-state index in [-0.39, 0.29) is 34.4 Å². The van der Waals surface area contributed by atoms with E-state index < -0.39 is 0 Å². The number of hydrogen-bond acceptors (Lipinski definition) is 19. The number of ether oxygens (including phenoxy) is 2. The number of aromatic amines is 5. The number of methoxy groups -OCH3 is 2. The molecule has 0 amide bonds. The number of aliphatic hydroxyl groups excluding tert-OH is 1. The number of nitrogens with one attached hydrogen (secondary N) is 5. The molecule has 31 heteroatoms. The lowest BCUT2D eigenvalue weighted by Gasteiger charge is -2.03. The number of rotatable bonds is 8. The topological polar surface area (TPSA) is 369 Å². The Bertz CT molecular complexity index is 7260. The Kier molecular flexibility index (Phi) is 18.7. The molecule has 0 aliphatic rings. The van der Waals surface area contributed by atoms with Gasteiger partial charge in [0.25, 0.3) is 27.8 Å². The van der Waals surface area contributed by atoms with Crippen LogP contribution < -0.4 is 37.3 Å². The first kappa shape index (κ1) is 69.9. The number of pyridine rings is 9. The molecule has 0 bridgehead atoms. The summed E-state index contributed by atoms with van der Waals surface area (Å²) < 4.78 is 18.3. The molecule has 20 rings (SSSR count). The summed E-state index contributed by atoms with van der Waals surface area (Å²) in [6, 6.07) is 44.5. The van der Waals surface area contributed by atoms with E-state index in [1.54, 1.807) is 149 Å². The van der Waals surface area contributed by atoms with Crippen LogP contribution in [0.3, 0.4) is 0 Å². The predicted molar refractivity (Wildman–Crippen MR) is 424 cm³/mol. The number of aryl methyl sites for hydroxylation is 2. The third kappa shape index (κ3) is 13.3. The van der Waals surface area contributed by atoms with Crippen LogP contribution in [0.2, 0.25) is 5.02 Å². The van der Waals surface area contributed by atoms with E-state index in [9.17, 15) is 29.1 Å². The van der Waals surface area contributed by atoms with Crippen molar-refractivity contribution in [3.05, 3.63) is 304 Å². The molecule has 6 N–H and O–H groups in total. The van der Waals surface area contributed by atoms with E-state index >= 15 is 0 Å². The minimum Gasteiger partial charge on any atom is -0.481 e. The zero-order valence-electron chi connectivity index (χ0n) is 58.3. The van der Waals surface area contributed by atoms with Crippen molar-refractivity contribution in [1.82, 2.24) is 104 Å². The van der Waals surface area contributed by atoms with E-state index in [1.807, 2.05) is 98.8 Å². The van der Waals surface area contributed by atoms with E-state index in [0.717, 1.165) is 103 Å². The van der Waals surface area contributed by atoms with Crippen molar-refractivity contribution >= 4 is 137 Å². The maximum absolute atomic E-state index is 12.7. The Labute approximate surface area is 630 Å². The lowest BCUT2D eigenvalue weighted by atomic mass is 10.1. The summed E-state index contributed by atoms with van der Waals surface area (Å²) in [4.78, 5) is 109. The van der Waals surface area contributed by atoms with E-state index in [0.29, 0.717) is 72.2 Å². The quantitative estimate of drug-likeness (QED) is 0.0823. The van der Waals surface area contributed by atoms with Crippen LogP contribution in [-0.4, -0.2) is 123 Å². The Morgan fingerprint density at radius 1 is 0.364 bits per heavy atom. The number of nitrogens with zero attached hydrogens (tertiary/aromatic N) is 16. The average molecular weight is 1540 g/mol. The molecule has 0 spiro atoms. The molecule has 0 radical (unpaired) electrons. The van der Waals surface area contributed by atoms with Crippen molar-refractivity contribution in [1.29, 1.82) is 0 Å². The van der Waals surface area contributed by atoms with Crippen LogP contribution in [0.4, 0.5) is 0 Å². The van der Waals surface area contributed by atoms with E-state index in [2.05, 4.69) is 96.2 Å². The van der Waals surface area contributed by atoms with E-state index in [4.69, 9.17) is 21.1 Å². The van der Waals surface area contributed by atoms with E-state index in [1.165, 1.54) is 29.6 Å². The summed E-state index contributed by atoms with van der Waals surface area (Å²) in [7, 11) is 3.09. The number of aliphatic hydroxyl groups is 1. The molecule has 0 saturated heterocycles. The summed E-state index contributed by atoms with van der Waals surface area (Å²) in [5.74, 6) is 1.93. The first-order valence-electron chi connectivity index (χ1n) is 33.7. The van der Waals surface area contributed by atoms with Gasteiger partial charge in [-0.1, -0.05) is 70.0 Å². The molecule has 0 unspecified atom stereocenters. The molecule has 5 aromatic carbocycles. The summed E-state index contributed by atoms with van der Waals surface area (Å²) in [5, 5.41) is 32.5. The van der Waals surface area contributed by atoms with Crippen LogP contribution in [0, 0.1) is 13.8 Å². The van der Waals surface area contributed by atoms with Gasteiger partial charge in [-0.3, -0.25) is 84.4 Å². The Balaban J connectivity index is 0.000000104. The van der Waals surface area contributed by atoms with Crippen LogP contribution in [-0.2, 0) is 6.61 Å². The van der Waals surface area contributed by atoms with Crippen molar-refractivity contribution in [2.75, 3.05) is 14.2 Å². The maximum Gasteiger partial charge on any atom is 0.282 e. The maximum atomic E-state index is 12.7. The van der Waals surface area contributed by atoms with Gasteiger partial charge < -0.3 is 14.6 Å². The van der Waals surface area contributed by atoms with Gasteiger partial charge in [0.1, 0.15) is 0 Å². The monoisotopic (exact) mass is 1540 g/mol. The lowest BCUT2D eigenvalue weighted by Crippen LogP contribution is -2.15. The number of hydrogen-bond donors (Lipinski definition) is 6. The fourth-order valence-electron chi connectivity index (χ4n) is 12.6. The summed E-state index contributed by atoms with van der Waals surface area (Å²) in [6.45, 7) is 3.99. The second-order valence-corrected chi connectivity index (χ2v) is 26.3. The molecule has 0 fully saturated rings. The molecule has 110 heavy (non-hydrogen) atoms. The number of H-pyrrole nitrogens is 5. The van der Waals surface area contributed by atoms with Gasteiger partial charge >= 0.3 is 0 Å². The predicted octanol–water partition coefficient (Wildman–Crippen LogP) is 12.2. The largest absolute Gasteiger partial charge is 0.481 e. The molecular formula is C79H57BrClN21O8. The molecule has 0 saturated carbocycles. The smallest absolute Gasteiger partial charge is 0.282 e. The Hall–Kier alpha value is -14.5. The van der Waals surface area contributed by atoms with Gasteiger partial charge in [-0.15, -0.1) is 0 Å². The van der Waals surface area contributed by atoms with Crippen LogP contribution in [0.15, 0.2) is 255 Å². The molecule has 0 aliphatic heterocycles. The van der Waals surface area contributed by atoms with Gasteiger partial charge in [-0.05, 0) is 122 Å². The fraction of sp³-hybridized carbons (Fsp3) is 0.0633. The number of benzene rings is 5. The highest BCUT2D eigenvalue weighted by molar-refractivity contribution is 9.10. The highest BCUT2D eigenvalue weighted by Crippen LogP contribution is 2.29. The molecule has 0 atom stereocenters. The highest BCUT2D eigenvalue weighted by atomic mass is 79.9. The second-order valence-electron chi connectivity index (χ2n) is 24.9. The minimum atomic E-state index is -0.186. The summed E-state index contributed by atoms with van der Waals surface area (Å²) in [5.41, 5.74) is 12.0. The molecule has 15 aromatic heterocycles. The van der Waals surface area contributed by atoms with Crippen molar-refractivity contribution in [2.24, 2.45) is 0 Å². The normalized spacial score (nSPS) is 11.3. The first-order valence-corrected chi connectivity index (χ1v) is 34.9. The van der Waals surface area contributed by atoms with Gasteiger partial charge in [0.2, 0.25) is 11.8 Å². The fourth-order valence-corrected chi connectivity index (χ4v) is 13.2. The van der Waals surface area contributed by atoms with Crippen molar-refractivity contribution in [3.63, 3.8) is 0 Å². The second kappa shape index (κ2) is 29.5. The van der Waals surface area contributed by atoms with Gasteiger partial charge in [-0.2, -0.15) is 4.68 Å². The van der Waals surface area contributed by atoms with Crippen molar-refractivity contribution in [2.45, 2.75) is 20.5 Å². The number of aromatic nitrogens is 21. The molecule has 540 valence electrons. The Morgan fingerprint density at radius 3 is 1.39 bits per heavy atom. The Morgan fingerprint density at radius 2 is 0.855 bits per heavy atom. The minimum absolute atomic E-state index is 0.0406. The van der Waals surface area contributed by atoms with Crippen LogP contribution in [0.1, 0.15) is 16.7 Å². The van der Waals surface area contributed by atoms with Crippen molar-refractivity contribution < 1.29 is 14.6 Å². The molecular weight excluding hydrogens is 1490 g/mol. The standard InChI is InChI=1S/C17H14N4O2.C16H11BrN4O2.C16H12N4O2.C15H9ClN4O.C15H11N5O/c1-10-3-4-12-14(7-10)19-9-13-16(12)20-21(17(13)22)11-5-6-18-15(8-11)23-2;1-23-14-5-3-10(7-19-14)21-16(22)12-8-18-13-6-9(17)2-4-11(13)15(12)20-21;21-9-10-4-5-11-13(7-10)18-8-12-15(11)19-20(16(12)22)14-3-1-2-6-17-14;16-9-1-2-13-11(7-9)14-12(8-18-13)15(21)20(19-14)10-3-5-17-6-4-10;1-9-2-3-10-12(6-9)18-7-11-14(10)19-20(15(11)21)13-8-16-4-5-17-13/h3-9,20H,1-2H3;2-8,20H,1H3;1-8,19,21H,9H2;1-8,19H;2-8,19H,1H3. The highest BCUT2D eigenvalue weighted by Gasteiger charge is 2.19. The zero-order chi connectivity index (χ0) is 75.8. The zero-order valence-corrected chi connectivity index (χ0v) is 60.6. The summed E-state index contributed by atoms with van der Waals surface area (Å²) in [6.07, 6.45) is 20.7. The molecule has 20 aromatic rings. The first-order chi connectivity index (χ1) is 53.6. The molecule has 0 aliphatic carbocycles. The number of fused-ring (bicyclic) bond motifs is 15. The van der Waals surface area contributed by atoms with Gasteiger partial charge in [0.05, 0.1) is 132 Å². The van der Waals surface area contributed by atoms with Crippen LogP contribution in [0.25, 0.3) is 138 Å². The molecule has 15 heterocycles. The lowest BCUT2D eigenvalue weighted by molar-refractivity contribution is 0.282.